The van der Waals surface area contributed by atoms with E-state index in [9.17, 15) is 13.2 Å². The number of carbonyl (C=O) groups excluding carboxylic acids is 1. The number of amides is 1. The van der Waals surface area contributed by atoms with Crippen molar-refractivity contribution in [1.82, 2.24) is 5.32 Å². The van der Waals surface area contributed by atoms with E-state index in [1.54, 1.807) is 17.8 Å². The summed E-state index contributed by atoms with van der Waals surface area (Å²) < 4.78 is 35.8. The zero-order valence-electron chi connectivity index (χ0n) is 15.4. The summed E-state index contributed by atoms with van der Waals surface area (Å²) >= 11 is 1.73. The van der Waals surface area contributed by atoms with Crippen molar-refractivity contribution in [2.45, 2.75) is 22.6 Å². The Morgan fingerprint density at radius 2 is 1.79 bits per heavy atom. The second kappa shape index (κ2) is 9.84. The minimum Gasteiger partial charge on any atom is -0.486 e. The van der Waals surface area contributed by atoms with Gasteiger partial charge < -0.3 is 14.8 Å². The van der Waals surface area contributed by atoms with Crippen LogP contribution < -0.4 is 14.8 Å². The van der Waals surface area contributed by atoms with Crippen molar-refractivity contribution in [3.05, 3.63) is 48.5 Å². The van der Waals surface area contributed by atoms with Crippen LogP contribution in [0.3, 0.4) is 0 Å². The molecule has 1 amide bonds. The molecule has 1 N–H and O–H groups in total. The van der Waals surface area contributed by atoms with E-state index in [4.69, 9.17) is 9.47 Å². The smallest absolute Gasteiger partial charge is 0.221 e. The summed E-state index contributed by atoms with van der Waals surface area (Å²) in [6, 6.07) is 14.6. The summed E-state index contributed by atoms with van der Waals surface area (Å²) in [6.07, 6.45) is 0.753. The third-order valence-corrected chi connectivity index (χ3v) is 6.94. The Labute approximate surface area is 169 Å². The molecule has 0 bridgehead atoms. The van der Waals surface area contributed by atoms with Crippen molar-refractivity contribution in [2.24, 2.45) is 0 Å². The molecule has 150 valence electrons. The van der Waals surface area contributed by atoms with E-state index in [1.165, 1.54) is 17.0 Å². The lowest BCUT2D eigenvalue weighted by atomic mass is 10.3. The van der Waals surface area contributed by atoms with Gasteiger partial charge in [0.25, 0.3) is 0 Å². The molecule has 8 heteroatoms. The highest BCUT2D eigenvalue weighted by atomic mass is 32.2. The van der Waals surface area contributed by atoms with E-state index in [0.717, 1.165) is 12.2 Å². The Balaban J connectivity index is 1.39. The van der Waals surface area contributed by atoms with Crippen molar-refractivity contribution in [3.63, 3.8) is 0 Å². The second-order valence-electron chi connectivity index (χ2n) is 6.24. The summed E-state index contributed by atoms with van der Waals surface area (Å²) in [6.45, 7) is 1.37. The van der Waals surface area contributed by atoms with Gasteiger partial charge in [0, 0.05) is 23.9 Å². The van der Waals surface area contributed by atoms with E-state index >= 15 is 0 Å². The molecule has 0 spiro atoms. The predicted octanol–water partition coefficient (Wildman–Crippen LogP) is 2.92. The highest BCUT2D eigenvalue weighted by Gasteiger charge is 2.20. The molecule has 1 aliphatic rings. The molecule has 6 nitrogen and oxygen atoms in total. The molecule has 2 aromatic rings. The van der Waals surface area contributed by atoms with Gasteiger partial charge in [0.1, 0.15) is 13.2 Å². The van der Waals surface area contributed by atoms with E-state index in [2.05, 4.69) is 5.32 Å². The van der Waals surface area contributed by atoms with Crippen molar-refractivity contribution < 1.29 is 22.7 Å². The molecule has 0 aromatic heterocycles. The van der Waals surface area contributed by atoms with Gasteiger partial charge in [-0.25, -0.2) is 8.42 Å². The standard InChI is InChI=1S/C20H23NO5S2/c22-20(21-10-4-13-27-16-5-2-1-3-6-16)9-14-28(23,24)17-7-8-18-19(15-17)26-12-11-25-18/h1-3,5-8,15H,4,9-14H2,(H,21,22). The van der Waals surface area contributed by atoms with Crippen LogP contribution in [0.4, 0.5) is 0 Å². The first-order valence-corrected chi connectivity index (χ1v) is 11.8. The van der Waals surface area contributed by atoms with Gasteiger partial charge in [-0.2, -0.15) is 0 Å². The van der Waals surface area contributed by atoms with Crippen molar-refractivity contribution in [3.8, 4) is 11.5 Å². The van der Waals surface area contributed by atoms with Crippen LogP contribution in [-0.2, 0) is 14.6 Å². The zero-order valence-corrected chi connectivity index (χ0v) is 17.1. The molecule has 0 radical (unpaired) electrons. The van der Waals surface area contributed by atoms with Crippen LogP contribution >= 0.6 is 11.8 Å². The SMILES string of the molecule is O=C(CCS(=O)(=O)c1ccc2c(c1)OCCO2)NCCCSc1ccccc1. The molecule has 28 heavy (non-hydrogen) atoms. The summed E-state index contributed by atoms with van der Waals surface area (Å²) in [4.78, 5) is 13.3. The molecule has 0 saturated heterocycles. The van der Waals surface area contributed by atoms with Crippen molar-refractivity contribution >= 4 is 27.5 Å². The molecular weight excluding hydrogens is 398 g/mol. The average Bonchev–Trinajstić information content (AvgIpc) is 2.72. The Kier molecular flexibility index (Phi) is 7.22. The number of benzene rings is 2. The topological polar surface area (TPSA) is 81.7 Å². The molecule has 1 heterocycles. The normalized spacial score (nSPS) is 13.1. The lowest BCUT2D eigenvalue weighted by Gasteiger charge is -2.18. The summed E-state index contributed by atoms with van der Waals surface area (Å²) in [5.41, 5.74) is 0. The molecule has 0 saturated carbocycles. The largest absolute Gasteiger partial charge is 0.486 e. The van der Waals surface area contributed by atoms with Gasteiger partial charge in [-0.15, -0.1) is 11.8 Å². The Morgan fingerprint density at radius 1 is 1.04 bits per heavy atom. The van der Waals surface area contributed by atoms with Crippen molar-refractivity contribution in [1.29, 1.82) is 0 Å². The minimum atomic E-state index is -3.56. The van der Waals surface area contributed by atoms with Gasteiger partial charge in [0.05, 0.1) is 10.6 Å². The number of thioether (sulfide) groups is 1. The van der Waals surface area contributed by atoms with Gasteiger partial charge in [-0.1, -0.05) is 18.2 Å². The first-order valence-electron chi connectivity index (χ1n) is 9.11. The van der Waals surface area contributed by atoms with E-state index in [0.29, 0.717) is 31.3 Å². The van der Waals surface area contributed by atoms with E-state index < -0.39 is 9.84 Å². The van der Waals surface area contributed by atoms with Crippen LogP contribution in [0.5, 0.6) is 11.5 Å². The number of hydrogen-bond donors (Lipinski definition) is 1. The number of rotatable bonds is 9. The van der Waals surface area contributed by atoms with Crippen molar-refractivity contribution in [2.75, 3.05) is 31.3 Å². The van der Waals surface area contributed by atoms with Crippen LogP contribution in [-0.4, -0.2) is 45.6 Å². The molecule has 0 unspecified atom stereocenters. The Hall–Kier alpha value is -2.19. The Morgan fingerprint density at radius 3 is 2.57 bits per heavy atom. The lowest BCUT2D eigenvalue weighted by Crippen LogP contribution is -2.27. The van der Waals surface area contributed by atoms with E-state index in [1.807, 2.05) is 30.3 Å². The first kappa shape index (κ1) is 20.5. The quantitative estimate of drug-likeness (QED) is 0.495. The highest BCUT2D eigenvalue weighted by molar-refractivity contribution is 7.99. The maximum atomic E-state index is 12.5. The predicted molar refractivity (Wildman–Crippen MR) is 109 cm³/mol. The molecule has 2 aromatic carbocycles. The highest BCUT2D eigenvalue weighted by Crippen LogP contribution is 2.32. The fourth-order valence-electron chi connectivity index (χ4n) is 2.66. The monoisotopic (exact) mass is 421 g/mol. The fraction of sp³-hybridized carbons (Fsp3) is 0.350. The minimum absolute atomic E-state index is 0.0669. The van der Waals surface area contributed by atoms with Gasteiger partial charge in [-0.3, -0.25) is 4.79 Å². The molecule has 1 aliphatic heterocycles. The Bertz CT molecular complexity index is 900. The van der Waals surface area contributed by atoms with Crippen LogP contribution in [0, 0.1) is 0 Å². The number of nitrogens with one attached hydrogen (secondary N) is 1. The van der Waals surface area contributed by atoms with Gasteiger partial charge in [-0.05, 0) is 36.4 Å². The van der Waals surface area contributed by atoms with E-state index in [-0.39, 0.29) is 23.0 Å². The summed E-state index contributed by atoms with van der Waals surface area (Å²) in [5.74, 6) is 1.35. The summed E-state index contributed by atoms with van der Waals surface area (Å²) in [5, 5.41) is 2.78. The number of sulfone groups is 1. The molecule has 0 aliphatic carbocycles. The maximum absolute atomic E-state index is 12.5. The van der Waals surface area contributed by atoms with Crippen LogP contribution in [0.25, 0.3) is 0 Å². The second-order valence-corrected chi connectivity index (χ2v) is 9.52. The van der Waals surface area contributed by atoms with Crippen LogP contribution in [0.15, 0.2) is 58.3 Å². The fourth-order valence-corrected chi connectivity index (χ4v) is 4.78. The third-order valence-electron chi connectivity index (χ3n) is 4.13. The zero-order chi connectivity index (χ0) is 19.8. The van der Waals surface area contributed by atoms with Gasteiger partial charge in [0.15, 0.2) is 21.3 Å². The summed E-state index contributed by atoms with van der Waals surface area (Å²) in [7, 11) is -3.56. The van der Waals surface area contributed by atoms with Crippen LogP contribution in [0.1, 0.15) is 12.8 Å². The molecular formula is C20H23NO5S2. The van der Waals surface area contributed by atoms with Crippen LogP contribution in [0.2, 0.25) is 0 Å². The molecule has 3 rings (SSSR count). The maximum Gasteiger partial charge on any atom is 0.221 e. The van der Waals surface area contributed by atoms with Gasteiger partial charge in [0.2, 0.25) is 5.91 Å². The third kappa shape index (κ3) is 5.90. The average molecular weight is 422 g/mol. The van der Waals surface area contributed by atoms with Gasteiger partial charge >= 0.3 is 0 Å². The number of hydrogen-bond acceptors (Lipinski definition) is 6. The lowest BCUT2D eigenvalue weighted by molar-refractivity contribution is -0.120. The molecule has 0 atom stereocenters. The number of ether oxygens (including phenoxy) is 2. The molecule has 0 fully saturated rings. The number of fused-ring (bicyclic) bond motifs is 1. The first-order chi connectivity index (χ1) is 13.5. The number of carbonyl (C=O) groups is 1.